The number of nitrogens with two attached hydrogens (primary N) is 1. The van der Waals surface area contributed by atoms with E-state index in [2.05, 4.69) is 22.3 Å². The average Bonchev–Trinajstić information content (AvgIpc) is 3.24. The predicted octanol–water partition coefficient (Wildman–Crippen LogP) is 1.90. The Hall–Kier alpha value is -2.46. The molecule has 0 spiro atoms. The lowest BCUT2D eigenvalue weighted by molar-refractivity contribution is -0.137. The maximum absolute atomic E-state index is 13.1. The first kappa shape index (κ1) is 19.3. The van der Waals surface area contributed by atoms with E-state index in [1.54, 1.807) is 0 Å². The number of alkyl halides is 3. The molecular weight excluding hydrogens is 361 g/mol. The number of nitrogens with one attached hydrogen (secondary N) is 1. The molecule has 0 aliphatic carbocycles. The van der Waals surface area contributed by atoms with E-state index >= 15 is 0 Å². The van der Waals surface area contributed by atoms with Crippen molar-refractivity contribution in [2.75, 3.05) is 31.5 Å². The molecule has 1 atom stereocenters. The van der Waals surface area contributed by atoms with Crippen molar-refractivity contribution in [2.24, 2.45) is 11.1 Å². The smallest absolute Gasteiger partial charge is 0.330 e. The average molecular weight is 382 g/mol. The highest BCUT2D eigenvalue weighted by Gasteiger charge is 2.34. The van der Waals surface area contributed by atoms with Gasteiger partial charge in [-0.15, -0.1) is 0 Å². The molecule has 1 fully saturated rings. The van der Waals surface area contributed by atoms with Crippen molar-refractivity contribution in [3.8, 4) is 5.69 Å². The topological polar surface area (TPSA) is 89.1 Å². The van der Waals surface area contributed by atoms with Gasteiger partial charge in [0.15, 0.2) is 0 Å². The Morgan fingerprint density at radius 1 is 1.41 bits per heavy atom. The Kier molecular flexibility index (Phi) is 5.20. The highest BCUT2D eigenvalue weighted by molar-refractivity contribution is 5.94. The van der Waals surface area contributed by atoms with Crippen LogP contribution in [0.5, 0.6) is 0 Å². The van der Waals surface area contributed by atoms with E-state index in [0.717, 1.165) is 25.1 Å². The van der Waals surface area contributed by atoms with Gasteiger partial charge < -0.3 is 11.1 Å². The molecule has 1 aromatic carbocycles. The number of rotatable bonds is 5. The first-order chi connectivity index (χ1) is 12.7. The molecule has 1 aliphatic rings. The fourth-order valence-corrected chi connectivity index (χ4v) is 3.17. The maximum Gasteiger partial charge on any atom is 0.416 e. The van der Waals surface area contributed by atoms with Gasteiger partial charge in [0, 0.05) is 6.54 Å². The SMILES string of the molecule is CC1(CN)CCN(CC(=O)Nc2cc(C(F)(F)F)ccc2-n2cncn2)C1. The van der Waals surface area contributed by atoms with Crippen LogP contribution in [0.4, 0.5) is 18.9 Å². The second-order valence-corrected chi connectivity index (χ2v) is 7.09. The van der Waals surface area contributed by atoms with Crippen molar-refractivity contribution in [2.45, 2.75) is 19.5 Å². The standard InChI is InChI=1S/C17H21F3N6O/c1-16(8-21)4-5-25(9-16)7-15(27)24-13-6-12(17(18,19)20)2-3-14(13)26-11-22-10-23-26/h2-3,6,10-11H,4-5,7-9,21H2,1H3,(H,24,27). The van der Waals surface area contributed by atoms with Crippen molar-refractivity contribution in [1.29, 1.82) is 0 Å². The van der Waals surface area contributed by atoms with E-state index in [1.165, 1.54) is 23.4 Å². The van der Waals surface area contributed by atoms with Gasteiger partial charge in [-0.05, 0) is 43.1 Å². The van der Waals surface area contributed by atoms with E-state index in [1.807, 2.05) is 4.90 Å². The molecule has 0 radical (unpaired) electrons. The zero-order valence-electron chi connectivity index (χ0n) is 14.8. The molecule has 27 heavy (non-hydrogen) atoms. The quantitative estimate of drug-likeness (QED) is 0.825. The molecule has 1 aliphatic heterocycles. The number of hydrogen-bond acceptors (Lipinski definition) is 5. The first-order valence-corrected chi connectivity index (χ1v) is 8.49. The first-order valence-electron chi connectivity index (χ1n) is 8.49. The summed E-state index contributed by atoms with van der Waals surface area (Å²) in [7, 11) is 0. The van der Waals surface area contributed by atoms with Crippen molar-refractivity contribution in [1.82, 2.24) is 19.7 Å². The minimum Gasteiger partial charge on any atom is -0.330 e. The molecule has 0 bridgehead atoms. The van der Waals surface area contributed by atoms with E-state index < -0.39 is 17.6 Å². The molecule has 2 heterocycles. The summed E-state index contributed by atoms with van der Waals surface area (Å²) in [5.41, 5.74) is 5.22. The predicted molar refractivity (Wildman–Crippen MR) is 93.2 cm³/mol. The summed E-state index contributed by atoms with van der Waals surface area (Å²) in [5, 5.41) is 6.51. The number of nitrogens with zero attached hydrogens (tertiary/aromatic N) is 4. The molecule has 1 amide bonds. The Morgan fingerprint density at radius 3 is 2.78 bits per heavy atom. The molecule has 1 unspecified atom stereocenters. The molecule has 1 aromatic heterocycles. The van der Waals surface area contributed by atoms with Gasteiger partial charge in [0.05, 0.1) is 23.5 Å². The molecule has 146 valence electrons. The van der Waals surface area contributed by atoms with Crippen LogP contribution in [0.1, 0.15) is 18.9 Å². The molecule has 3 rings (SSSR count). The van der Waals surface area contributed by atoms with Crippen LogP contribution in [-0.4, -0.2) is 51.8 Å². The van der Waals surface area contributed by atoms with Crippen molar-refractivity contribution in [3.63, 3.8) is 0 Å². The Morgan fingerprint density at radius 2 is 2.19 bits per heavy atom. The number of anilines is 1. The lowest BCUT2D eigenvalue weighted by atomic mass is 9.90. The van der Waals surface area contributed by atoms with Gasteiger partial charge >= 0.3 is 6.18 Å². The van der Waals surface area contributed by atoms with Gasteiger partial charge in [0.25, 0.3) is 0 Å². The number of halogens is 3. The lowest BCUT2D eigenvalue weighted by Crippen LogP contribution is -2.35. The highest BCUT2D eigenvalue weighted by Crippen LogP contribution is 2.33. The number of carbonyl (C=O) groups is 1. The van der Waals surface area contributed by atoms with Gasteiger partial charge in [0.2, 0.25) is 5.91 Å². The van der Waals surface area contributed by atoms with Gasteiger partial charge in [0.1, 0.15) is 12.7 Å². The second kappa shape index (κ2) is 7.28. The monoisotopic (exact) mass is 382 g/mol. The summed E-state index contributed by atoms with van der Waals surface area (Å²) in [6, 6.07) is 3.11. The minimum atomic E-state index is -4.52. The third-order valence-corrected chi connectivity index (χ3v) is 4.76. The largest absolute Gasteiger partial charge is 0.416 e. The molecule has 3 N–H and O–H groups in total. The van der Waals surface area contributed by atoms with Crippen LogP contribution in [0.2, 0.25) is 0 Å². The second-order valence-electron chi connectivity index (χ2n) is 7.09. The Balaban J connectivity index is 1.79. The molecule has 0 saturated carbocycles. The molecular formula is C17H21F3N6O. The zero-order valence-corrected chi connectivity index (χ0v) is 14.8. The molecule has 2 aromatic rings. The van der Waals surface area contributed by atoms with Gasteiger partial charge in [-0.25, -0.2) is 9.67 Å². The van der Waals surface area contributed by atoms with Crippen LogP contribution in [0.25, 0.3) is 5.69 Å². The van der Waals surface area contributed by atoms with Gasteiger partial charge in [-0.1, -0.05) is 6.92 Å². The summed E-state index contributed by atoms with van der Waals surface area (Å²) in [6.45, 7) is 4.06. The minimum absolute atomic E-state index is 0.0288. The molecule has 7 nitrogen and oxygen atoms in total. The fourth-order valence-electron chi connectivity index (χ4n) is 3.17. The van der Waals surface area contributed by atoms with E-state index in [0.29, 0.717) is 18.8 Å². The Labute approximate surface area is 154 Å². The normalized spacial score (nSPS) is 20.8. The van der Waals surface area contributed by atoms with Crippen molar-refractivity contribution in [3.05, 3.63) is 36.4 Å². The summed E-state index contributed by atoms with van der Waals surface area (Å²) < 4.78 is 40.5. The number of carbonyl (C=O) groups excluding carboxylic acids is 1. The van der Waals surface area contributed by atoms with Crippen LogP contribution in [-0.2, 0) is 11.0 Å². The number of amides is 1. The van der Waals surface area contributed by atoms with Crippen LogP contribution in [0.3, 0.4) is 0 Å². The number of hydrogen-bond donors (Lipinski definition) is 2. The summed E-state index contributed by atoms with van der Waals surface area (Å²) >= 11 is 0. The van der Waals surface area contributed by atoms with E-state index in [9.17, 15) is 18.0 Å². The lowest BCUT2D eigenvalue weighted by Gasteiger charge is -2.22. The van der Waals surface area contributed by atoms with Crippen LogP contribution >= 0.6 is 0 Å². The van der Waals surface area contributed by atoms with Crippen molar-refractivity contribution >= 4 is 11.6 Å². The summed E-state index contributed by atoms with van der Waals surface area (Å²) in [4.78, 5) is 18.2. The van der Waals surface area contributed by atoms with Gasteiger partial charge in [-0.3, -0.25) is 9.69 Å². The van der Waals surface area contributed by atoms with Crippen LogP contribution in [0.15, 0.2) is 30.9 Å². The maximum atomic E-state index is 13.1. The Bertz CT molecular complexity index is 807. The molecule has 10 heteroatoms. The zero-order chi connectivity index (χ0) is 19.7. The number of benzene rings is 1. The van der Waals surface area contributed by atoms with E-state index in [4.69, 9.17) is 5.73 Å². The van der Waals surface area contributed by atoms with Crippen LogP contribution < -0.4 is 11.1 Å². The van der Waals surface area contributed by atoms with Crippen LogP contribution in [0, 0.1) is 5.41 Å². The molecule has 1 saturated heterocycles. The van der Waals surface area contributed by atoms with E-state index in [-0.39, 0.29) is 17.6 Å². The third kappa shape index (κ3) is 4.45. The third-order valence-electron chi connectivity index (χ3n) is 4.76. The summed E-state index contributed by atoms with van der Waals surface area (Å²) in [5.74, 6) is -0.392. The number of aromatic nitrogens is 3. The fraction of sp³-hybridized carbons (Fsp3) is 0.471. The summed E-state index contributed by atoms with van der Waals surface area (Å²) in [6.07, 6.45) is -1.02. The van der Waals surface area contributed by atoms with Crippen molar-refractivity contribution < 1.29 is 18.0 Å². The van der Waals surface area contributed by atoms with Gasteiger partial charge in [-0.2, -0.15) is 18.3 Å². The number of likely N-dealkylation sites (tertiary alicyclic amines) is 1. The highest BCUT2D eigenvalue weighted by atomic mass is 19.4.